The number of hydrogen-bond donors (Lipinski definition) is 1. The molecule has 0 radical (unpaired) electrons. The number of hydrogen-bond acceptors (Lipinski definition) is 6. The van der Waals surface area contributed by atoms with Crippen LogP contribution >= 0.6 is 0 Å². The first-order valence-electron chi connectivity index (χ1n) is 8.78. The number of para-hydroxylation sites is 1. The third-order valence-electron chi connectivity index (χ3n) is 4.63. The summed E-state index contributed by atoms with van der Waals surface area (Å²) in [5, 5.41) is 3.52. The highest BCUT2D eigenvalue weighted by Gasteiger charge is 2.25. The molecule has 0 bridgehead atoms. The molecule has 0 spiro atoms. The molecule has 0 atom stereocenters. The van der Waals surface area contributed by atoms with Crippen molar-refractivity contribution in [1.82, 2.24) is 19.5 Å². The number of nitrogens with zero attached hydrogens (tertiary/aromatic N) is 5. The van der Waals surface area contributed by atoms with Crippen molar-refractivity contribution >= 4 is 22.9 Å². The Morgan fingerprint density at radius 2 is 1.84 bits per heavy atom. The van der Waals surface area contributed by atoms with E-state index in [9.17, 15) is 0 Å². The van der Waals surface area contributed by atoms with Crippen LogP contribution in [0.5, 0.6) is 0 Å². The minimum Gasteiger partial charge on any atom is -0.378 e. The lowest BCUT2D eigenvalue weighted by molar-refractivity contribution is 0.122. The number of imidazole rings is 1. The summed E-state index contributed by atoms with van der Waals surface area (Å²) in [7, 11) is 0. The topological polar surface area (TPSA) is 68.1 Å². The van der Waals surface area contributed by atoms with Crippen LogP contribution < -0.4 is 10.2 Å². The molecule has 2 fully saturated rings. The molecule has 2 aliphatic rings. The molecule has 1 N–H and O–H groups in total. The van der Waals surface area contributed by atoms with Crippen molar-refractivity contribution < 1.29 is 4.74 Å². The molecule has 1 saturated carbocycles. The molecule has 1 aliphatic heterocycles. The summed E-state index contributed by atoms with van der Waals surface area (Å²) in [5.74, 6) is 1.58. The average Bonchev–Trinajstić information content (AvgIpc) is 3.38. The highest BCUT2D eigenvalue weighted by molar-refractivity contribution is 5.85. The van der Waals surface area contributed by atoms with E-state index < -0.39 is 0 Å². The van der Waals surface area contributed by atoms with E-state index in [1.54, 1.807) is 0 Å². The van der Waals surface area contributed by atoms with Crippen LogP contribution in [-0.2, 0) is 4.74 Å². The maximum absolute atomic E-state index is 5.46. The molecule has 2 aromatic heterocycles. The predicted molar refractivity (Wildman–Crippen MR) is 96.3 cm³/mol. The highest BCUT2D eigenvalue weighted by atomic mass is 16.5. The second-order valence-electron chi connectivity index (χ2n) is 6.51. The van der Waals surface area contributed by atoms with Gasteiger partial charge in [-0.1, -0.05) is 18.2 Å². The zero-order valence-electron chi connectivity index (χ0n) is 13.9. The molecule has 0 amide bonds. The van der Waals surface area contributed by atoms with Crippen LogP contribution in [0.1, 0.15) is 12.8 Å². The van der Waals surface area contributed by atoms with Crippen molar-refractivity contribution in [3.63, 3.8) is 0 Å². The van der Waals surface area contributed by atoms with E-state index in [2.05, 4.69) is 27.3 Å². The van der Waals surface area contributed by atoms with Crippen molar-refractivity contribution in [2.45, 2.75) is 18.9 Å². The fourth-order valence-corrected chi connectivity index (χ4v) is 3.09. The van der Waals surface area contributed by atoms with Gasteiger partial charge in [0.15, 0.2) is 17.0 Å². The minimum absolute atomic E-state index is 0.512. The first-order chi connectivity index (χ1) is 12.4. The van der Waals surface area contributed by atoms with Crippen LogP contribution in [0.4, 0.5) is 11.8 Å². The van der Waals surface area contributed by atoms with Crippen molar-refractivity contribution in [3.05, 3.63) is 36.7 Å². The lowest BCUT2D eigenvalue weighted by atomic mass is 10.3. The van der Waals surface area contributed by atoms with E-state index in [-0.39, 0.29) is 0 Å². The fourth-order valence-electron chi connectivity index (χ4n) is 3.09. The summed E-state index contributed by atoms with van der Waals surface area (Å²) in [6.07, 6.45) is 4.21. The molecule has 1 saturated heterocycles. The standard InChI is InChI=1S/C18H20N6O/c1-2-4-14(5-3-1)24-12-19-15-16(20-13-6-7-13)21-18(22-17(15)24)23-8-10-25-11-9-23/h1-5,12-13H,6-11H2,(H,20,21,22). The summed E-state index contributed by atoms with van der Waals surface area (Å²) >= 11 is 0. The van der Waals surface area contributed by atoms with Gasteiger partial charge in [0.25, 0.3) is 0 Å². The molecule has 128 valence electrons. The lowest BCUT2D eigenvalue weighted by Crippen LogP contribution is -2.37. The molecular weight excluding hydrogens is 316 g/mol. The van der Waals surface area contributed by atoms with Crippen molar-refractivity contribution in [2.75, 3.05) is 36.5 Å². The monoisotopic (exact) mass is 336 g/mol. The van der Waals surface area contributed by atoms with Gasteiger partial charge in [0.2, 0.25) is 5.95 Å². The smallest absolute Gasteiger partial charge is 0.229 e. The Morgan fingerprint density at radius 1 is 1.04 bits per heavy atom. The van der Waals surface area contributed by atoms with Gasteiger partial charge in [0, 0.05) is 24.8 Å². The van der Waals surface area contributed by atoms with E-state index in [0.29, 0.717) is 19.3 Å². The molecule has 3 heterocycles. The third-order valence-corrected chi connectivity index (χ3v) is 4.63. The number of ether oxygens (including phenoxy) is 1. The molecule has 1 aliphatic carbocycles. The number of nitrogens with one attached hydrogen (secondary N) is 1. The zero-order chi connectivity index (χ0) is 16.6. The molecule has 3 aromatic rings. The Balaban J connectivity index is 1.64. The van der Waals surface area contributed by atoms with Gasteiger partial charge in [-0.25, -0.2) is 4.98 Å². The quantitative estimate of drug-likeness (QED) is 0.788. The van der Waals surface area contributed by atoms with E-state index in [1.807, 2.05) is 29.1 Å². The van der Waals surface area contributed by atoms with E-state index in [1.165, 1.54) is 12.8 Å². The second kappa shape index (κ2) is 6.00. The number of aromatic nitrogens is 4. The highest BCUT2D eigenvalue weighted by Crippen LogP contribution is 2.30. The first-order valence-corrected chi connectivity index (χ1v) is 8.78. The molecule has 25 heavy (non-hydrogen) atoms. The van der Waals surface area contributed by atoms with Crippen molar-refractivity contribution in [2.24, 2.45) is 0 Å². The number of benzene rings is 1. The lowest BCUT2D eigenvalue weighted by Gasteiger charge is -2.27. The van der Waals surface area contributed by atoms with Crippen LogP contribution in [0.3, 0.4) is 0 Å². The van der Waals surface area contributed by atoms with E-state index in [0.717, 1.165) is 41.7 Å². The summed E-state index contributed by atoms with van der Waals surface area (Å²) in [6, 6.07) is 10.7. The Kier molecular flexibility index (Phi) is 3.52. The van der Waals surface area contributed by atoms with Crippen LogP contribution in [0.2, 0.25) is 0 Å². The van der Waals surface area contributed by atoms with Gasteiger partial charge in [-0.3, -0.25) is 4.57 Å². The van der Waals surface area contributed by atoms with Crippen LogP contribution in [-0.4, -0.2) is 51.9 Å². The minimum atomic E-state index is 0.512. The van der Waals surface area contributed by atoms with Crippen molar-refractivity contribution in [3.8, 4) is 5.69 Å². The average molecular weight is 336 g/mol. The Labute approximate surface area is 145 Å². The van der Waals surface area contributed by atoms with Gasteiger partial charge in [-0.15, -0.1) is 0 Å². The normalized spacial score (nSPS) is 17.8. The molecule has 7 heteroatoms. The summed E-state index contributed by atoms with van der Waals surface area (Å²) in [5.41, 5.74) is 2.72. The molecule has 7 nitrogen and oxygen atoms in total. The Morgan fingerprint density at radius 3 is 2.60 bits per heavy atom. The van der Waals surface area contributed by atoms with Crippen LogP contribution in [0.15, 0.2) is 36.7 Å². The van der Waals surface area contributed by atoms with Crippen LogP contribution in [0.25, 0.3) is 16.9 Å². The van der Waals surface area contributed by atoms with Gasteiger partial charge < -0.3 is 15.0 Å². The largest absolute Gasteiger partial charge is 0.378 e. The van der Waals surface area contributed by atoms with E-state index >= 15 is 0 Å². The first kappa shape index (κ1) is 14.7. The second-order valence-corrected chi connectivity index (χ2v) is 6.51. The molecular formula is C18H20N6O. The third kappa shape index (κ3) is 2.80. The molecule has 1 aromatic carbocycles. The Hall–Kier alpha value is -2.67. The van der Waals surface area contributed by atoms with Crippen molar-refractivity contribution in [1.29, 1.82) is 0 Å². The summed E-state index contributed by atoms with van der Waals surface area (Å²) in [6.45, 7) is 3.05. The van der Waals surface area contributed by atoms with Gasteiger partial charge in [0.05, 0.1) is 13.2 Å². The maximum atomic E-state index is 5.46. The predicted octanol–water partition coefficient (Wildman–Crippen LogP) is 2.23. The zero-order valence-corrected chi connectivity index (χ0v) is 13.9. The fraction of sp³-hybridized carbons (Fsp3) is 0.389. The van der Waals surface area contributed by atoms with Gasteiger partial charge in [-0.2, -0.15) is 9.97 Å². The number of morpholine rings is 1. The number of rotatable bonds is 4. The van der Waals surface area contributed by atoms with E-state index in [4.69, 9.17) is 14.7 Å². The molecule has 0 unspecified atom stereocenters. The number of fused-ring (bicyclic) bond motifs is 1. The van der Waals surface area contributed by atoms with Gasteiger partial charge >= 0.3 is 0 Å². The Bertz CT molecular complexity index is 883. The van der Waals surface area contributed by atoms with Gasteiger partial charge in [-0.05, 0) is 25.0 Å². The molecule has 5 rings (SSSR count). The summed E-state index contributed by atoms with van der Waals surface area (Å²) in [4.78, 5) is 16.4. The van der Waals surface area contributed by atoms with Gasteiger partial charge in [0.1, 0.15) is 6.33 Å². The summed E-state index contributed by atoms with van der Waals surface area (Å²) < 4.78 is 7.49. The maximum Gasteiger partial charge on any atom is 0.229 e. The van der Waals surface area contributed by atoms with Crippen LogP contribution in [0, 0.1) is 0 Å². The number of anilines is 2. The SMILES string of the molecule is c1ccc(-n2cnc3c(NC4CC4)nc(N4CCOCC4)nc32)cc1.